The topological polar surface area (TPSA) is 32.6 Å². The minimum atomic E-state index is 0.646. The van der Waals surface area contributed by atoms with Crippen molar-refractivity contribution in [3.63, 3.8) is 0 Å². The zero-order chi connectivity index (χ0) is 12.5. The van der Waals surface area contributed by atoms with Gasteiger partial charge in [-0.15, -0.1) is 0 Å². The molecule has 0 unspecified atom stereocenters. The Morgan fingerprint density at radius 1 is 1.47 bits per heavy atom. The van der Waals surface area contributed by atoms with Gasteiger partial charge in [0.25, 0.3) is 5.82 Å². The van der Waals surface area contributed by atoms with E-state index in [2.05, 4.69) is 41.4 Å². The van der Waals surface area contributed by atoms with Crippen molar-refractivity contribution in [3.8, 4) is 6.07 Å². The Bertz CT molecular complexity index is 365. The van der Waals surface area contributed by atoms with Crippen LogP contribution in [0.5, 0.6) is 0 Å². The first-order chi connectivity index (χ1) is 8.33. The number of aromatic nitrogens is 2. The molecule has 0 aliphatic rings. The summed E-state index contributed by atoms with van der Waals surface area (Å²) in [6.07, 6.45) is 6.96. The van der Waals surface area contributed by atoms with Crippen molar-refractivity contribution in [2.24, 2.45) is 0 Å². The number of hydrogen-bond acceptors (Lipinski definition) is 2. The number of thioether (sulfide) groups is 1. The van der Waals surface area contributed by atoms with Crippen LogP contribution in [0.25, 0.3) is 0 Å². The van der Waals surface area contributed by atoms with E-state index in [9.17, 15) is 0 Å². The Labute approximate surface area is 108 Å². The van der Waals surface area contributed by atoms with Gasteiger partial charge >= 0.3 is 0 Å². The quantitative estimate of drug-likeness (QED) is 0.526. The molecule has 0 N–H and O–H groups in total. The molecule has 0 bridgehead atoms. The zero-order valence-corrected chi connectivity index (χ0v) is 11.7. The molecule has 0 aliphatic carbocycles. The van der Waals surface area contributed by atoms with Crippen molar-refractivity contribution >= 4 is 11.8 Å². The van der Waals surface area contributed by atoms with E-state index in [0.717, 1.165) is 25.9 Å². The molecule has 0 amide bonds. The molecule has 4 heteroatoms. The van der Waals surface area contributed by atoms with Gasteiger partial charge in [-0.2, -0.15) is 17.0 Å². The highest BCUT2D eigenvalue weighted by molar-refractivity contribution is 7.99. The Morgan fingerprint density at radius 3 is 2.94 bits per heavy atom. The predicted octanol–water partition coefficient (Wildman–Crippen LogP) is 2.39. The van der Waals surface area contributed by atoms with Crippen LogP contribution in [0.4, 0.5) is 0 Å². The van der Waals surface area contributed by atoms with Gasteiger partial charge in [-0.05, 0) is 12.2 Å². The lowest BCUT2D eigenvalue weighted by molar-refractivity contribution is -0.704. The number of rotatable bonds is 8. The highest BCUT2D eigenvalue weighted by Crippen LogP contribution is 2.04. The van der Waals surface area contributed by atoms with Crippen LogP contribution in [0.2, 0.25) is 0 Å². The largest absolute Gasteiger partial charge is 0.256 e. The first-order valence-electron chi connectivity index (χ1n) is 6.35. The molecule has 0 fully saturated rings. The Hall–Kier alpha value is -0.950. The summed E-state index contributed by atoms with van der Waals surface area (Å²) in [6.45, 7) is 6.44. The third-order valence-corrected chi connectivity index (χ3v) is 3.65. The fraction of sp³-hybridized carbons (Fsp3) is 0.692. The smallest absolute Gasteiger partial charge is 0.234 e. The van der Waals surface area contributed by atoms with E-state index in [1.54, 1.807) is 0 Å². The Kier molecular flexibility index (Phi) is 6.80. The highest BCUT2D eigenvalue weighted by Gasteiger charge is 2.14. The van der Waals surface area contributed by atoms with Gasteiger partial charge in [0.05, 0.1) is 19.2 Å². The van der Waals surface area contributed by atoms with Crippen LogP contribution in [0, 0.1) is 11.3 Å². The van der Waals surface area contributed by atoms with Gasteiger partial charge < -0.3 is 0 Å². The number of aryl methyl sites for hydroxylation is 2. The van der Waals surface area contributed by atoms with Gasteiger partial charge in [-0.3, -0.25) is 0 Å². The van der Waals surface area contributed by atoms with Gasteiger partial charge in [0.1, 0.15) is 12.4 Å². The van der Waals surface area contributed by atoms with Gasteiger partial charge in [0.15, 0.2) is 0 Å². The first-order valence-corrected chi connectivity index (χ1v) is 7.51. The van der Waals surface area contributed by atoms with E-state index < -0.39 is 0 Å². The fourth-order valence-electron chi connectivity index (χ4n) is 1.95. The van der Waals surface area contributed by atoms with E-state index in [-0.39, 0.29) is 0 Å². The monoisotopic (exact) mass is 252 g/mol. The lowest BCUT2D eigenvalue weighted by Gasteiger charge is -2.02. The molecule has 1 aromatic rings. The van der Waals surface area contributed by atoms with Crippen LogP contribution in [0.15, 0.2) is 12.4 Å². The molecular weight excluding hydrogens is 230 g/mol. The molecule has 1 heterocycles. The predicted molar refractivity (Wildman–Crippen MR) is 71.9 cm³/mol. The first kappa shape index (κ1) is 14.1. The van der Waals surface area contributed by atoms with Crippen LogP contribution in [0.3, 0.4) is 0 Å². The molecule has 17 heavy (non-hydrogen) atoms. The highest BCUT2D eigenvalue weighted by atomic mass is 32.2. The second kappa shape index (κ2) is 8.19. The second-order valence-electron chi connectivity index (χ2n) is 3.91. The standard InChI is InChI=1S/C13H22N3S/c1-3-13-15(8-6-5-7-14)9-10-16(13)11-12-17-4-2/h9-10H,3-6,8,11-12H2,1-2H3/q+1. The van der Waals surface area contributed by atoms with Crippen molar-refractivity contribution in [2.45, 2.75) is 46.2 Å². The molecule has 1 aromatic heterocycles. The second-order valence-corrected chi connectivity index (χ2v) is 5.31. The minimum Gasteiger partial charge on any atom is -0.234 e. The van der Waals surface area contributed by atoms with Crippen molar-refractivity contribution in [1.29, 1.82) is 5.26 Å². The lowest BCUT2D eigenvalue weighted by Crippen LogP contribution is -2.37. The summed E-state index contributed by atoms with van der Waals surface area (Å²) in [5.41, 5.74) is 0. The molecule has 3 nitrogen and oxygen atoms in total. The van der Waals surface area contributed by atoms with E-state index in [4.69, 9.17) is 5.26 Å². The molecule has 1 rings (SSSR count). The number of nitriles is 1. The third-order valence-electron chi connectivity index (χ3n) is 2.77. The number of hydrogen-bond donors (Lipinski definition) is 0. The third kappa shape index (κ3) is 4.43. The van der Waals surface area contributed by atoms with Crippen molar-refractivity contribution in [2.75, 3.05) is 11.5 Å². The van der Waals surface area contributed by atoms with Gasteiger partial charge in [-0.25, -0.2) is 9.13 Å². The summed E-state index contributed by atoms with van der Waals surface area (Å²) >= 11 is 1.98. The van der Waals surface area contributed by atoms with E-state index in [0.29, 0.717) is 6.42 Å². The van der Waals surface area contributed by atoms with Gasteiger partial charge in [0, 0.05) is 18.6 Å². The number of nitrogens with zero attached hydrogens (tertiary/aromatic N) is 3. The summed E-state index contributed by atoms with van der Waals surface area (Å²) in [6, 6.07) is 2.20. The van der Waals surface area contributed by atoms with E-state index in [1.807, 2.05) is 11.8 Å². The van der Waals surface area contributed by atoms with Crippen molar-refractivity contribution in [1.82, 2.24) is 4.57 Å². The number of unbranched alkanes of at least 4 members (excludes halogenated alkanes) is 1. The summed E-state index contributed by atoms with van der Waals surface area (Å²) in [5.74, 6) is 3.74. The van der Waals surface area contributed by atoms with Crippen LogP contribution in [-0.2, 0) is 19.5 Å². The molecule has 94 valence electrons. The summed E-state index contributed by atoms with van der Waals surface area (Å²) in [7, 11) is 0. The summed E-state index contributed by atoms with van der Waals surface area (Å²) in [4.78, 5) is 0. The number of imidazole rings is 1. The van der Waals surface area contributed by atoms with Crippen molar-refractivity contribution in [3.05, 3.63) is 18.2 Å². The van der Waals surface area contributed by atoms with E-state index in [1.165, 1.54) is 17.3 Å². The van der Waals surface area contributed by atoms with Crippen LogP contribution in [-0.4, -0.2) is 16.1 Å². The van der Waals surface area contributed by atoms with Crippen LogP contribution in [0.1, 0.15) is 32.5 Å². The maximum Gasteiger partial charge on any atom is 0.256 e. The molecule has 0 saturated heterocycles. The van der Waals surface area contributed by atoms with Gasteiger partial charge in [-0.1, -0.05) is 13.8 Å². The Balaban J connectivity index is 2.57. The van der Waals surface area contributed by atoms with Crippen LogP contribution >= 0.6 is 11.8 Å². The fourth-order valence-corrected chi connectivity index (χ4v) is 2.56. The molecular formula is C13H22N3S+. The van der Waals surface area contributed by atoms with E-state index >= 15 is 0 Å². The minimum absolute atomic E-state index is 0.646. The normalized spacial score (nSPS) is 10.4. The molecule has 0 spiro atoms. The molecule has 0 saturated carbocycles. The molecule has 0 aliphatic heterocycles. The summed E-state index contributed by atoms with van der Waals surface area (Å²) < 4.78 is 4.63. The average molecular weight is 252 g/mol. The zero-order valence-electron chi connectivity index (χ0n) is 10.9. The van der Waals surface area contributed by atoms with Crippen molar-refractivity contribution < 1.29 is 4.57 Å². The lowest BCUT2D eigenvalue weighted by atomic mass is 10.3. The van der Waals surface area contributed by atoms with Gasteiger partial charge in [0.2, 0.25) is 0 Å². The molecule has 0 aromatic carbocycles. The Morgan fingerprint density at radius 2 is 2.29 bits per heavy atom. The maximum absolute atomic E-state index is 8.55. The molecule has 0 radical (unpaired) electrons. The maximum atomic E-state index is 8.55. The SMILES string of the molecule is CCSCCn1cc[n+](CCCC#N)c1CC. The average Bonchev–Trinajstić information content (AvgIpc) is 2.72. The molecule has 0 atom stereocenters. The summed E-state index contributed by atoms with van der Waals surface area (Å²) in [5, 5.41) is 8.55. The van der Waals surface area contributed by atoms with Crippen LogP contribution < -0.4 is 4.57 Å².